The maximum absolute atomic E-state index is 14.0. The van der Waals surface area contributed by atoms with Crippen LogP contribution >= 0.6 is 11.6 Å². The third-order valence-electron chi connectivity index (χ3n) is 6.88. The van der Waals surface area contributed by atoms with Gasteiger partial charge in [0.2, 0.25) is 5.91 Å². The molecule has 1 N–H and O–H groups in total. The fourth-order valence-corrected chi connectivity index (χ4v) is 5.47. The number of rotatable bonds is 5. The van der Waals surface area contributed by atoms with Crippen LogP contribution in [-0.2, 0) is 28.9 Å². The minimum atomic E-state index is -1.06. The summed E-state index contributed by atoms with van der Waals surface area (Å²) in [5.41, 5.74) is 5.49. The van der Waals surface area contributed by atoms with Crippen LogP contribution in [0.3, 0.4) is 0 Å². The first-order chi connectivity index (χ1) is 16.5. The van der Waals surface area contributed by atoms with Gasteiger partial charge in [0.1, 0.15) is 5.75 Å². The molecule has 34 heavy (non-hydrogen) atoms. The monoisotopic (exact) mass is 475 g/mol. The first-order valence-corrected chi connectivity index (χ1v) is 12.0. The van der Waals surface area contributed by atoms with Gasteiger partial charge >= 0.3 is 5.97 Å². The molecule has 2 unspecified atom stereocenters. The zero-order valence-electron chi connectivity index (χ0n) is 18.7. The Morgan fingerprint density at radius 1 is 0.941 bits per heavy atom. The number of ether oxygens (including phenoxy) is 1. The Kier molecular flexibility index (Phi) is 6.29. The van der Waals surface area contributed by atoms with Crippen LogP contribution in [0.2, 0.25) is 5.02 Å². The standard InChI is InChI=1S/C28H26ClNO4/c29-22-11-12-25(34-17-26(31)32)24(16-22)27-23-8-4-3-6-19(23)13-14-30(27)28(33)21-10-9-18-5-1-2-7-20(18)15-21/h1-8,11-12,16,21,27H,9-10,13-15,17H2,(H,31,32). The number of halogens is 1. The van der Waals surface area contributed by atoms with Crippen LogP contribution in [0.5, 0.6) is 5.75 Å². The Hall–Kier alpha value is -3.31. The van der Waals surface area contributed by atoms with E-state index in [-0.39, 0.29) is 11.8 Å². The summed E-state index contributed by atoms with van der Waals surface area (Å²) in [5, 5.41) is 9.68. The number of carbonyl (C=O) groups excluding carboxylic acids is 1. The summed E-state index contributed by atoms with van der Waals surface area (Å²) in [6, 6.07) is 21.2. The molecule has 1 aliphatic carbocycles. The number of benzene rings is 3. The number of carboxylic acids is 1. The molecule has 0 aromatic heterocycles. The highest BCUT2D eigenvalue weighted by Gasteiger charge is 2.37. The fraction of sp³-hybridized carbons (Fsp3) is 0.286. The normalized spacial score (nSPS) is 19.1. The second-order valence-electron chi connectivity index (χ2n) is 8.96. The summed E-state index contributed by atoms with van der Waals surface area (Å²) in [4.78, 5) is 27.1. The van der Waals surface area contributed by atoms with Crippen molar-refractivity contribution in [2.45, 2.75) is 31.7 Å². The molecule has 3 aromatic rings. The van der Waals surface area contributed by atoms with Gasteiger partial charge in [-0.2, -0.15) is 0 Å². The maximum Gasteiger partial charge on any atom is 0.341 e. The first kappa shape index (κ1) is 22.5. The molecule has 1 heterocycles. The summed E-state index contributed by atoms with van der Waals surface area (Å²) >= 11 is 6.38. The van der Waals surface area contributed by atoms with Crippen LogP contribution in [-0.4, -0.2) is 35.0 Å². The average molecular weight is 476 g/mol. The van der Waals surface area contributed by atoms with Crippen LogP contribution in [0.4, 0.5) is 0 Å². The molecule has 0 spiro atoms. The average Bonchev–Trinajstić information content (AvgIpc) is 2.86. The molecule has 0 bridgehead atoms. The highest BCUT2D eigenvalue weighted by molar-refractivity contribution is 6.30. The van der Waals surface area contributed by atoms with Crippen molar-refractivity contribution in [3.8, 4) is 5.75 Å². The first-order valence-electron chi connectivity index (χ1n) is 11.6. The number of carboxylic acid groups (broad SMARTS) is 1. The van der Waals surface area contributed by atoms with Gasteiger partial charge in [-0.15, -0.1) is 0 Å². The largest absolute Gasteiger partial charge is 0.482 e. The van der Waals surface area contributed by atoms with E-state index in [1.807, 2.05) is 29.2 Å². The molecule has 2 aliphatic rings. The third kappa shape index (κ3) is 4.40. The smallest absolute Gasteiger partial charge is 0.341 e. The van der Waals surface area contributed by atoms with Gasteiger partial charge in [-0.05, 0) is 66.1 Å². The Labute approximate surface area is 203 Å². The summed E-state index contributed by atoms with van der Waals surface area (Å²) in [7, 11) is 0. The van der Waals surface area contributed by atoms with Gasteiger partial charge in [-0.3, -0.25) is 4.79 Å². The van der Waals surface area contributed by atoms with Crippen molar-refractivity contribution < 1.29 is 19.4 Å². The van der Waals surface area contributed by atoms with Crippen molar-refractivity contribution >= 4 is 23.5 Å². The van der Waals surface area contributed by atoms with Crippen molar-refractivity contribution in [3.05, 3.63) is 99.6 Å². The molecule has 1 amide bonds. The second-order valence-corrected chi connectivity index (χ2v) is 9.39. The van der Waals surface area contributed by atoms with Crippen molar-refractivity contribution in [2.24, 2.45) is 5.92 Å². The number of aliphatic carboxylic acids is 1. The van der Waals surface area contributed by atoms with Crippen LogP contribution in [0.25, 0.3) is 0 Å². The Morgan fingerprint density at radius 3 is 2.47 bits per heavy atom. The summed E-state index contributed by atoms with van der Waals surface area (Å²) in [6.07, 6.45) is 3.22. The quantitative estimate of drug-likeness (QED) is 0.558. The lowest BCUT2D eigenvalue weighted by atomic mass is 9.81. The second kappa shape index (κ2) is 9.51. The molecule has 5 rings (SSSR count). The molecular weight excluding hydrogens is 450 g/mol. The van der Waals surface area contributed by atoms with Gasteiger partial charge in [0.15, 0.2) is 6.61 Å². The lowest BCUT2D eigenvalue weighted by molar-refractivity contribution is -0.140. The van der Waals surface area contributed by atoms with Gasteiger partial charge in [0, 0.05) is 23.0 Å². The molecule has 6 heteroatoms. The van der Waals surface area contributed by atoms with Crippen LogP contribution in [0, 0.1) is 5.92 Å². The lowest BCUT2D eigenvalue weighted by Crippen LogP contribution is -2.45. The van der Waals surface area contributed by atoms with Crippen molar-refractivity contribution in [1.29, 1.82) is 0 Å². The number of amides is 1. The molecule has 0 saturated heterocycles. The van der Waals surface area contributed by atoms with Crippen molar-refractivity contribution in [1.82, 2.24) is 4.90 Å². The molecule has 3 aromatic carbocycles. The van der Waals surface area contributed by atoms with E-state index in [4.69, 9.17) is 21.4 Å². The van der Waals surface area contributed by atoms with E-state index in [0.717, 1.165) is 31.2 Å². The Bertz CT molecular complexity index is 1240. The van der Waals surface area contributed by atoms with E-state index >= 15 is 0 Å². The van der Waals surface area contributed by atoms with Crippen LogP contribution < -0.4 is 4.74 Å². The summed E-state index contributed by atoms with van der Waals surface area (Å²) in [6.45, 7) is 0.125. The fourth-order valence-electron chi connectivity index (χ4n) is 5.29. The van der Waals surface area contributed by atoms with E-state index in [1.165, 1.54) is 16.7 Å². The zero-order valence-corrected chi connectivity index (χ0v) is 19.5. The lowest BCUT2D eigenvalue weighted by Gasteiger charge is -2.40. The van der Waals surface area contributed by atoms with Gasteiger partial charge < -0.3 is 14.7 Å². The number of fused-ring (bicyclic) bond motifs is 2. The predicted octanol–water partition coefficient (Wildman–Crippen LogP) is 5.08. The number of nitrogens with zero attached hydrogens (tertiary/aromatic N) is 1. The highest BCUT2D eigenvalue weighted by Crippen LogP contribution is 2.42. The van der Waals surface area contributed by atoms with E-state index in [1.54, 1.807) is 18.2 Å². The number of hydrogen-bond acceptors (Lipinski definition) is 3. The predicted molar refractivity (Wildman–Crippen MR) is 130 cm³/mol. The molecule has 0 saturated carbocycles. The Balaban J connectivity index is 1.54. The zero-order chi connectivity index (χ0) is 23.7. The molecule has 5 nitrogen and oxygen atoms in total. The van der Waals surface area contributed by atoms with E-state index in [9.17, 15) is 9.59 Å². The van der Waals surface area contributed by atoms with E-state index in [2.05, 4.69) is 24.3 Å². The maximum atomic E-state index is 14.0. The van der Waals surface area contributed by atoms with Crippen molar-refractivity contribution in [2.75, 3.05) is 13.2 Å². The third-order valence-corrected chi connectivity index (χ3v) is 7.12. The minimum absolute atomic E-state index is 0.0924. The number of aryl methyl sites for hydroxylation is 1. The van der Waals surface area contributed by atoms with E-state index in [0.29, 0.717) is 22.9 Å². The molecule has 0 radical (unpaired) electrons. The van der Waals surface area contributed by atoms with Crippen LogP contribution in [0.15, 0.2) is 66.7 Å². The number of hydrogen-bond donors (Lipinski definition) is 1. The Morgan fingerprint density at radius 2 is 1.68 bits per heavy atom. The number of carbonyl (C=O) groups is 2. The van der Waals surface area contributed by atoms with E-state index < -0.39 is 18.6 Å². The molecular formula is C28H26ClNO4. The van der Waals surface area contributed by atoms with Crippen molar-refractivity contribution in [3.63, 3.8) is 0 Å². The summed E-state index contributed by atoms with van der Waals surface area (Å²) < 4.78 is 5.65. The minimum Gasteiger partial charge on any atom is -0.482 e. The molecule has 1 aliphatic heterocycles. The van der Waals surface area contributed by atoms with Gasteiger partial charge in [0.25, 0.3) is 0 Å². The van der Waals surface area contributed by atoms with Crippen LogP contribution in [0.1, 0.15) is 40.3 Å². The molecule has 0 fully saturated rings. The molecule has 174 valence electrons. The SMILES string of the molecule is O=C(O)COc1ccc(Cl)cc1C1c2ccccc2CCN1C(=O)C1CCc2ccccc2C1. The molecule has 2 atom stereocenters. The topological polar surface area (TPSA) is 66.8 Å². The summed E-state index contributed by atoms with van der Waals surface area (Å²) in [5.74, 6) is -0.595. The van der Waals surface area contributed by atoms with Gasteiger partial charge in [-0.25, -0.2) is 4.79 Å². The highest BCUT2D eigenvalue weighted by atomic mass is 35.5. The van der Waals surface area contributed by atoms with Gasteiger partial charge in [0.05, 0.1) is 6.04 Å². The van der Waals surface area contributed by atoms with Gasteiger partial charge in [-0.1, -0.05) is 60.1 Å².